The molecule has 5 nitrogen and oxygen atoms in total. The molecular weight excluding hydrogens is 793 g/mol. The van der Waals surface area contributed by atoms with Crippen LogP contribution in [0.2, 0.25) is 0 Å². The number of pyridine rings is 2. The van der Waals surface area contributed by atoms with Crippen molar-refractivity contribution in [2.75, 3.05) is 0 Å². The number of benzene rings is 5. The molecule has 0 aliphatic rings. The van der Waals surface area contributed by atoms with Gasteiger partial charge in [-0.1, -0.05) is 97.1 Å². The number of nitrogens with zero attached hydrogens (tertiary/aromatic N) is 4. The molecule has 0 aliphatic carbocycles. The SMILES string of the molecule is CC(C)c1ccnc(-c2[c-]ccc3c2oc2cc4c(cc23)nc(-c2ccccc2)n4-c2ccccc2)c1.[Ir].[c-]1ccccc1-c1ccccn1. The van der Waals surface area contributed by atoms with Crippen molar-refractivity contribution in [3.05, 3.63) is 170 Å². The first-order valence-corrected chi connectivity index (χ1v) is 16.4. The maximum Gasteiger partial charge on any atom is 0.145 e. The van der Waals surface area contributed by atoms with Crippen LogP contribution in [-0.2, 0) is 20.1 Å². The second-order valence-electron chi connectivity index (χ2n) is 12.1. The minimum atomic E-state index is 0. The fraction of sp³-hybridized carbons (Fsp3) is 0.0682. The van der Waals surface area contributed by atoms with Crippen LogP contribution in [0.15, 0.2) is 156 Å². The third kappa shape index (κ3) is 6.39. The normalized spacial score (nSPS) is 11.0. The topological polar surface area (TPSA) is 56.7 Å². The van der Waals surface area contributed by atoms with Crippen LogP contribution in [0.25, 0.3) is 72.6 Å². The van der Waals surface area contributed by atoms with E-state index in [4.69, 9.17) is 9.40 Å². The van der Waals surface area contributed by atoms with Crippen LogP contribution in [0.3, 0.4) is 0 Å². The first kappa shape index (κ1) is 32.8. The van der Waals surface area contributed by atoms with Gasteiger partial charge < -0.3 is 14.4 Å². The zero-order chi connectivity index (χ0) is 33.2. The minimum absolute atomic E-state index is 0. The summed E-state index contributed by atoms with van der Waals surface area (Å²) in [6.07, 6.45) is 3.66. The molecule has 0 saturated carbocycles. The zero-order valence-electron chi connectivity index (χ0n) is 27.5. The monoisotopic (exact) mass is 825 g/mol. The third-order valence-electron chi connectivity index (χ3n) is 8.61. The molecule has 0 atom stereocenters. The van der Waals surface area contributed by atoms with Crippen LogP contribution in [0.1, 0.15) is 25.3 Å². The van der Waals surface area contributed by atoms with Crippen molar-refractivity contribution in [2.45, 2.75) is 19.8 Å². The summed E-state index contributed by atoms with van der Waals surface area (Å²) in [4.78, 5) is 14.0. The quantitative estimate of drug-likeness (QED) is 0.162. The molecule has 0 aliphatic heterocycles. The molecule has 0 N–H and O–H groups in total. The van der Waals surface area contributed by atoms with Gasteiger partial charge in [-0.25, -0.2) is 4.98 Å². The molecule has 0 bridgehead atoms. The smallest absolute Gasteiger partial charge is 0.145 e. The number of fused-ring (bicyclic) bond motifs is 4. The predicted molar refractivity (Wildman–Crippen MR) is 198 cm³/mol. The fourth-order valence-electron chi connectivity index (χ4n) is 6.14. The van der Waals surface area contributed by atoms with Gasteiger partial charge in [-0.3, -0.25) is 4.57 Å². The Labute approximate surface area is 304 Å². The van der Waals surface area contributed by atoms with Gasteiger partial charge >= 0.3 is 0 Å². The van der Waals surface area contributed by atoms with Gasteiger partial charge in [-0.2, -0.15) is 0 Å². The summed E-state index contributed by atoms with van der Waals surface area (Å²) < 4.78 is 8.75. The van der Waals surface area contributed by atoms with Crippen molar-refractivity contribution in [3.8, 4) is 39.6 Å². The molecule has 50 heavy (non-hydrogen) atoms. The van der Waals surface area contributed by atoms with Gasteiger partial charge in [0.15, 0.2) is 0 Å². The summed E-state index contributed by atoms with van der Waals surface area (Å²) in [5, 5.41) is 2.08. The van der Waals surface area contributed by atoms with Gasteiger partial charge in [0, 0.05) is 55.2 Å². The van der Waals surface area contributed by atoms with E-state index in [1.165, 1.54) is 5.56 Å². The molecule has 5 aromatic carbocycles. The second kappa shape index (κ2) is 14.4. The Kier molecular flexibility index (Phi) is 9.48. The van der Waals surface area contributed by atoms with Crippen molar-refractivity contribution in [2.24, 2.45) is 0 Å². The maximum atomic E-state index is 6.54. The van der Waals surface area contributed by atoms with Gasteiger partial charge in [0.2, 0.25) is 0 Å². The number of aromatic nitrogens is 4. The third-order valence-corrected chi connectivity index (χ3v) is 8.61. The van der Waals surface area contributed by atoms with Gasteiger partial charge in [0.25, 0.3) is 0 Å². The van der Waals surface area contributed by atoms with Crippen LogP contribution in [-0.4, -0.2) is 19.5 Å². The molecule has 245 valence electrons. The van der Waals surface area contributed by atoms with Crippen LogP contribution >= 0.6 is 0 Å². The van der Waals surface area contributed by atoms with Gasteiger partial charge in [-0.15, -0.1) is 54.1 Å². The summed E-state index contributed by atoms with van der Waals surface area (Å²) in [6.45, 7) is 4.38. The van der Waals surface area contributed by atoms with Gasteiger partial charge in [0.05, 0.1) is 16.6 Å². The Morgan fingerprint density at radius 3 is 2.16 bits per heavy atom. The van der Waals surface area contributed by atoms with Crippen molar-refractivity contribution in [1.29, 1.82) is 0 Å². The fourth-order valence-corrected chi connectivity index (χ4v) is 6.14. The van der Waals surface area contributed by atoms with E-state index in [1.807, 2.05) is 79.0 Å². The molecule has 0 amide bonds. The molecule has 4 heterocycles. The van der Waals surface area contributed by atoms with Crippen LogP contribution < -0.4 is 0 Å². The molecule has 0 unspecified atom stereocenters. The first-order chi connectivity index (χ1) is 24.1. The predicted octanol–water partition coefficient (Wildman–Crippen LogP) is 11.1. The van der Waals surface area contributed by atoms with Crippen molar-refractivity contribution in [1.82, 2.24) is 19.5 Å². The first-order valence-electron chi connectivity index (χ1n) is 16.4. The number of para-hydroxylation sites is 1. The largest absolute Gasteiger partial charge is 0.501 e. The Hall–Kier alpha value is -5.68. The Morgan fingerprint density at radius 2 is 1.42 bits per heavy atom. The van der Waals surface area contributed by atoms with Crippen molar-refractivity contribution < 1.29 is 24.5 Å². The second-order valence-corrected chi connectivity index (χ2v) is 12.1. The molecule has 9 aromatic rings. The Morgan fingerprint density at radius 1 is 0.660 bits per heavy atom. The average molecular weight is 825 g/mol. The molecule has 9 rings (SSSR count). The summed E-state index contributed by atoms with van der Waals surface area (Å²) >= 11 is 0. The Bertz CT molecular complexity index is 2470. The minimum Gasteiger partial charge on any atom is -0.501 e. The summed E-state index contributed by atoms with van der Waals surface area (Å²) in [6, 6.07) is 53.3. The van der Waals surface area contributed by atoms with Crippen molar-refractivity contribution >= 4 is 33.0 Å². The van der Waals surface area contributed by atoms with E-state index in [1.54, 1.807) is 6.20 Å². The maximum absolute atomic E-state index is 6.54. The van der Waals surface area contributed by atoms with E-state index in [-0.39, 0.29) is 20.1 Å². The number of hydrogen-bond acceptors (Lipinski definition) is 4. The van der Waals surface area contributed by atoms with E-state index in [9.17, 15) is 0 Å². The molecule has 0 spiro atoms. The summed E-state index contributed by atoms with van der Waals surface area (Å²) in [5.41, 5.74) is 10.7. The van der Waals surface area contributed by atoms with Crippen LogP contribution in [0.5, 0.6) is 0 Å². The van der Waals surface area contributed by atoms with Crippen LogP contribution in [0.4, 0.5) is 0 Å². The van der Waals surface area contributed by atoms with E-state index in [0.29, 0.717) is 5.92 Å². The molecule has 0 fully saturated rings. The number of rotatable bonds is 5. The van der Waals surface area contributed by atoms with E-state index in [2.05, 4.69) is 107 Å². The number of imidazole rings is 1. The van der Waals surface area contributed by atoms with E-state index >= 15 is 0 Å². The molecule has 4 aromatic heterocycles. The van der Waals surface area contributed by atoms with E-state index < -0.39 is 0 Å². The molecule has 6 heteroatoms. The molecule has 0 saturated heterocycles. The standard InChI is InChI=1S/C33H24N3O.C11H8N.Ir/c1-21(2)23-16-17-34-28(18-23)26-15-9-14-25-27-19-29-30(20-31(27)37-32(25)26)36(24-12-7-4-8-13-24)33(35-29)22-10-5-3-6-11-22;1-2-6-10(7-3-1)11-8-4-5-9-12-11;/h3-14,16-21H,1-2H3;1-6,8-9H;/q2*-1;. The van der Waals surface area contributed by atoms with E-state index in [0.717, 1.165) is 72.6 Å². The Balaban J connectivity index is 0.000000255. The zero-order valence-corrected chi connectivity index (χ0v) is 29.9. The van der Waals surface area contributed by atoms with Crippen LogP contribution in [0, 0.1) is 12.1 Å². The van der Waals surface area contributed by atoms with Gasteiger partial charge in [-0.05, 0) is 47.6 Å². The van der Waals surface area contributed by atoms with Crippen molar-refractivity contribution in [3.63, 3.8) is 0 Å². The van der Waals surface area contributed by atoms with Gasteiger partial charge in [0.1, 0.15) is 11.4 Å². The number of hydrogen-bond donors (Lipinski definition) is 0. The summed E-state index contributed by atoms with van der Waals surface area (Å²) in [5.74, 6) is 1.32. The summed E-state index contributed by atoms with van der Waals surface area (Å²) in [7, 11) is 0. The number of furan rings is 1. The molecular formula is C44H32IrN4O-2. The average Bonchev–Trinajstić information content (AvgIpc) is 3.73. The molecule has 1 radical (unpaired) electrons.